The van der Waals surface area contributed by atoms with Crippen molar-refractivity contribution < 1.29 is 27.9 Å². The van der Waals surface area contributed by atoms with E-state index in [2.05, 4.69) is 10.2 Å². The number of hydrogen-bond acceptors (Lipinski definition) is 3. The highest BCUT2D eigenvalue weighted by Crippen LogP contribution is 2.41. The van der Waals surface area contributed by atoms with Gasteiger partial charge in [0.05, 0.1) is 23.2 Å². The zero-order chi connectivity index (χ0) is 23.8. The minimum atomic E-state index is -4.37. The SMILES string of the molecule is CC(NC(=O)C1C2CCC(CC2)N1Cc1ccc(C(F)(F)F)cc1)c1ccc(C(=O)O)cc1. The van der Waals surface area contributed by atoms with E-state index in [1.807, 2.05) is 6.92 Å². The molecule has 2 saturated heterocycles. The Bertz CT molecular complexity index is 997. The first-order valence-electron chi connectivity index (χ1n) is 11.2. The molecule has 2 heterocycles. The molecule has 2 atom stereocenters. The van der Waals surface area contributed by atoms with E-state index < -0.39 is 17.7 Å². The highest BCUT2D eigenvalue weighted by molar-refractivity contribution is 5.87. The van der Waals surface area contributed by atoms with Crippen LogP contribution in [0.25, 0.3) is 0 Å². The zero-order valence-electron chi connectivity index (χ0n) is 18.3. The van der Waals surface area contributed by atoms with Gasteiger partial charge in [0.15, 0.2) is 0 Å². The summed E-state index contributed by atoms with van der Waals surface area (Å²) < 4.78 is 38.7. The van der Waals surface area contributed by atoms with Gasteiger partial charge in [0, 0.05) is 12.6 Å². The van der Waals surface area contributed by atoms with Gasteiger partial charge < -0.3 is 10.4 Å². The van der Waals surface area contributed by atoms with Gasteiger partial charge in [0.1, 0.15) is 0 Å². The summed E-state index contributed by atoms with van der Waals surface area (Å²) in [5.74, 6) is -0.882. The van der Waals surface area contributed by atoms with Gasteiger partial charge in [-0.05, 0) is 73.9 Å². The number of hydrogen-bond donors (Lipinski definition) is 2. The highest BCUT2D eigenvalue weighted by atomic mass is 19.4. The molecule has 2 unspecified atom stereocenters. The summed E-state index contributed by atoms with van der Waals surface area (Å²) in [4.78, 5) is 26.5. The van der Waals surface area contributed by atoms with Crippen LogP contribution in [0.3, 0.4) is 0 Å². The fraction of sp³-hybridized carbons (Fsp3) is 0.440. The summed E-state index contributed by atoms with van der Waals surface area (Å²) in [6, 6.07) is 11.2. The lowest BCUT2D eigenvalue weighted by atomic mass is 9.74. The van der Waals surface area contributed by atoms with Gasteiger partial charge in [0.25, 0.3) is 0 Å². The fourth-order valence-electron chi connectivity index (χ4n) is 5.15. The average molecular weight is 460 g/mol. The van der Waals surface area contributed by atoms with Crippen LogP contribution < -0.4 is 5.32 Å². The number of carboxylic acids is 1. The maximum atomic E-state index is 13.3. The van der Waals surface area contributed by atoms with Crippen LogP contribution in [-0.2, 0) is 17.5 Å². The second kappa shape index (κ2) is 9.17. The monoisotopic (exact) mass is 460 g/mol. The molecule has 2 aromatic carbocycles. The third-order valence-corrected chi connectivity index (χ3v) is 6.95. The molecule has 8 heteroatoms. The molecule has 1 saturated carbocycles. The van der Waals surface area contributed by atoms with E-state index in [1.54, 1.807) is 12.1 Å². The van der Waals surface area contributed by atoms with Crippen molar-refractivity contribution in [2.24, 2.45) is 5.92 Å². The number of benzene rings is 2. The predicted molar refractivity (Wildman–Crippen MR) is 116 cm³/mol. The van der Waals surface area contributed by atoms with Crippen molar-refractivity contribution in [1.29, 1.82) is 0 Å². The number of rotatable bonds is 6. The number of halogens is 3. The van der Waals surface area contributed by atoms with Gasteiger partial charge in [-0.15, -0.1) is 0 Å². The van der Waals surface area contributed by atoms with Crippen LogP contribution in [-0.4, -0.2) is 34.0 Å². The van der Waals surface area contributed by atoms with Gasteiger partial charge in [-0.3, -0.25) is 9.69 Å². The summed E-state index contributed by atoms with van der Waals surface area (Å²) in [6.07, 6.45) is -0.464. The van der Waals surface area contributed by atoms with Crippen molar-refractivity contribution in [3.63, 3.8) is 0 Å². The van der Waals surface area contributed by atoms with Crippen molar-refractivity contribution >= 4 is 11.9 Å². The van der Waals surface area contributed by atoms with Crippen LogP contribution in [0.1, 0.15) is 65.7 Å². The van der Waals surface area contributed by atoms with E-state index >= 15 is 0 Å². The Hall–Kier alpha value is -2.87. The number of nitrogens with one attached hydrogen (secondary N) is 1. The highest BCUT2D eigenvalue weighted by Gasteiger charge is 2.45. The number of carbonyl (C=O) groups is 2. The second-order valence-electron chi connectivity index (χ2n) is 9.04. The standard InChI is InChI=1S/C25H27F3N2O3/c1-15(17-4-6-19(7-5-17)24(32)33)29-23(31)22-18-8-12-21(13-9-18)30(22)14-16-2-10-20(11-3-16)25(26,27)28/h2-7,10-11,15,18,21-22H,8-9,12-14H2,1H3,(H,29,31)(H,32,33). The number of piperidine rings is 2. The van der Waals surface area contributed by atoms with E-state index in [1.165, 1.54) is 24.3 Å². The predicted octanol–water partition coefficient (Wildman–Crippen LogP) is 5.02. The molecule has 0 radical (unpaired) electrons. The third kappa shape index (κ3) is 5.05. The van der Waals surface area contributed by atoms with Gasteiger partial charge in [-0.25, -0.2) is 4.79 Å². The molecule has 1 amide bonds. The molecule has 2 N–H and O–H groups in total. The van der Waals surface area contributed by atoms with Crippen molar-refractivity contribution in [3.8, 4) is 0 Å². The van der Waals surface area contributed by atoms with Crippen molar-refractivity contribution in [2.45, 2.75) is 63.5 Å². The average Bonchev–Trinajstić information content (AvgIpc) is 2.79. The summed E-state index contributed by atoms with van der Waals surface area (Å²) in [5.41, 5.74) is 1.07. The Morgan fingerprint density at radius 2 is 1.64 bits per heavy atom. The second-order valence-corrected chi connectivity index (χ2v) is 9.04. The topological polar surface area (TPSA) is 69.6 Å². The number of aromatic carboxylic acids is 1. The number of carboxylic acid groups (broad SMARTS) is 1. The number of nitrogens with zero attached hydrogens (tertiary/aromatic N) is 1. The first-order valence-corrected chi connectivity index (χ1v) is 11.2. The van der Waals surface area contributed by atoms with E-state index in [0.29, 0.717) is 6.54 Å². The smallest absolute Gasteiger partial charge is 0.416 e. The Kier molecular flexibility index (Phi) is 6.47. The van der Waals surface area contributed by atoms with E-state index in [-0.39, 0.29) is 35.5 Å². The first kappa shape index (κ1) is 23.3. The molecule has 0 spiro atoms. The molecule has 5 nitrogen and oxygen atoms in total. The molecule has 3 fully saturated rings. The number of fused-ring (bicyclic) bond motifs is 3. The van der Waals surface area contributed by atoms with E-state index in [0.717, 1.165) is 48.9 Å². The normalized spacial score (nSPS) is 23.8. The third-order valence-electron chi connectivity index (χ3n) is 6.95. The molecule has 1 aliphatic carbocycles. The van der Waals surface area contributed by atoms with Crippen LogP contribution in [0.5, 0.6) is 0 Å². The molecule has 2 aliphatic heterocycles. The van der Waals surface area contributed by atoms with Crippen LogP contribution >= 0.6 is 0 Å². The minimum Gasteiger partial charge on any atom is -0.478 e. The maximum Gasteiger partial charge on any atom is 0.416 e. The summed E-state index contributed by atoms with van der Waals surface area (Å²) >= 11 is 0. The fourth-order valence-corrected chi connectivity index (χ4v) is 5.15. The number of carbonyl (C=O) groups excluding carboxylic acids is 1. The molecular weight excluding hydrogens is 433 g/mol. The van der Waals surface area contributed by atoms with Gasteiger partial charge >= 0.3 is 12.1 Å². The maximum absolute atomic E-state index is 13.3. The molecule has 2 bridgehead atoms. The van der Waals surface area contributed by atoms with Crippen LogP contribution in [0.2, 0.25) is 0 Å². The molecule has 176 valence electrons. The number of alkyl halides is 3. The molecule has 5 rings (SSSR count). The molecule has 33 heavy (non-hydrogen) atoms. The lowest BCUT2D eigenvalue weighted by Crippen LogP contribution is -2.60. The molecule has 2 aromatic rings. The Morgan fingerprint density at radius 1 is 1.03 bits per heavy atom. The summed E-state index contributed by atoms with van der Waals surface area (Å²) in [7, 11) is 0. The Morgan fingerprint density at radius 3 is 2.18 bits per heavy atom. The van der Waals surface area contributed by atoms with E-state index in [4.69, 9.17) is 5.11 Å². The van der Waals surface area contributed by atoms with Crippen LogP contribution in [0.4, 0.5) is 13.2 Å². The largest absolute Gasteiger partial charge is 0.478 e. The van der Waals surface area contributed by atoms with Gasteiger partial charge in [-0.2, -0.15) is 13.2 Å². The Balaban J connectivity index is 1.48. The molecule has 0 aromatic heterocycles. The van der Waals surface area contributed by atoms with Gasteiger partial charge in [-0.1, -0.05) is 24.3 Å². The van der Waals surface area contributed by atoms with E-state index in [9.17, 15) is 22.8 Å². The molecular formula is C25H27F3N2O3. The van der Waals surface area contributed by atoms with Crippen molar-refractivity contribution in [3.05, 3.63) is 70.8 Å². The van der Waals surface area contributed by atoms with Crippen LogP contribution in [0, 0.1) is 5.92 Å². The zero-order valence-corrected chi connectivity index (χ0v) is 18.3. The quantitative estimate of drug-likeness (QED) is 0.635. The lowest BCUT2D eigenvalue weighted by Gasteiger charge is -2.50. The molecule has 3 aliphatic rings. The van der Waals surface area contributed by atoms with Gasteiger partial charge in [0.2, 0.25) is 5.91 Å². The van der Waals surface area contributed by atoms with Crippen molar-refractivity contribution in [1.82, 2.24) is 10.2 Å². The summed E-state index contributed by atoms with van der Waals surface area (Å²) in [5, 5.41) is 12.1. The van der Waals surface area contributed by atoms with Crippen molar-refractivity contribution in [2.75, 3.05) is 0 Å². The lowest BCUT2D eigenvalue weighted by molar-refractivity contribution is -0.137. The number of amides is 1. The Labute approximate surface area is 190 Å². The van der Waals surface area contributed by atoms with Crippen LogP contribution in [0.15, 0.2) is 48.5 Å². The minimum absolute atomic E-state index is 0.0916. The first-order chi connectivity index (χ1) is 15.6. The summed E-state index contributed by atoms with van der Waals surface area (Å²) in [6.45, 7) is 2.29.